The summed E-state index contributed by atoms with van der Waals surface area (Å²) in [6.07, 6.45) is 0. The molecule has 0 aliphatic carbocycles. The normalized spacial score (nSPS) is 18.0. The van der Waals surface area contributed by atoms with Gasteiger partial charge in [-0.1, -0.05) is 18.2 Å². The zero-order chi connectivity index (χ0) is 21.8. The molecule has 1 spiro atoms. The lowest BCUT2D eigenvalue weighted by Crippen LogP contribution is -2.33. The first kappa shape index (κ1) is 19.5. The Bertz CT molecular complexity index is 1180. The first-order valence-corrected chi connectivity index (χ1v) is 10.7. The van der Waals surface area contributed by atoms with Gasteiger partial charge >= 0.3 is 5.97 Å². The van der Waals surface area contributed by atoms with Crippen LogP contribution in [0.4, 0.5) is 11.4 Å². The maximum Gasteiger partial charge on any atom is 0.340 e. The molecule has 1 atom stereocenters. The molecule has 0 aromatic heterocycles. The number of anilines is 2. The summed E-state index contributed by atoms with van der Waals surface area (Å²) in [6.45, 7) is 6.08. The molecule has 1 unspecified atom stereocenters. The lowest BCUT2D eigenvalue weighted by atomic mass is 9.77. The van der Waals surface area contributed by atoms with Crippen LogP contribution in [0.1, 0.15) is 40.9 Å². The summed E-state index contributed by atoms with van der Waals surface area (Å²) in [5.41, 5.74) is 4.24. The van der Waals surface area contributed by atoms with Crippen LogP contribution in [-0.2, 0) is 10.3 Å². The third-order valence-corrected chi connectivity index (χ3v) is 6.32. The molecule has 2 heterocycles. The van der Waals surface area contributed by atoms with Crippen molar-refractivity contribution in [3.05, 3.63) is 82.9 Å². The SMILES string of the molecule is CCN(CC)c1ccc2c(c1)Oc1ccc(N(C)C)cc1C21OC(=O)c2ccccc21. The number of nitrogens with zero attached hydrogens (tertiary/aromatic N) is 2. The Morgan fingerprint density at radius 1 is 0.806 bits per heavy atom. The van der Waals surface area contributed by atoms with Crippen LogP contribution in [0.3, 0.4) is 0 Å². The topological polar surface area (TPSA) is 42.0 Å². The third-order valence-electron chi connectivity index (χ3n) is 6.32. The molecule has 3 aromatic carbocycles. The van der Waals surface area contributed by atoms with Crippen molar-refractivity contribution in [1.29, 1.82) is 0 Å². The Kier molecular flexibility index (Phi) is 4.43. The van der Waals surface area contributed by atoms with Crippen LogP contribution in [0.25, 0.3) is 0 Å². The van der Waals surface area contributed by atoms with Gasteiger partial charge in [-0.3, -0.25) is 0 Å². The van der Waals surface area contributed by atoms with Gasteiger partial charge < -0.3 is 19.3 Å². The highest BCUT2D eigenvalue weighted by molar-refractivity contribution is 5.97. The molecule has 31 heavy (non-hydrogen) atoms. The average molecular weight is 415 g/mol. The van der Waals surface area contributed by atoms with E-state index in [1.807, 2.05) is 61.5 Å². The van der Waals surface area contributed by atoms with Gasteiger partial charge in [-0.05, 0) is 50.2 Å². The van der Waals surface area contributed by atoms with Crippen molar-refractivity contribution in [2.24, 2.45) is 0 Å². The lowest BCUT2D eigenvalue weighted by molar-refractivity contribution is 0.0224. The number of carbonyl (C=O) groups excluding carboxylic acids is 1. The van der Waals surface area contributed by atoms with Crippen LogP contribution >= 0.6 is 0 Å². The summed E-state index contributed by atoms with van der Waals surface area (Å²) < 4.78 is 12.6. The monoisotopic (exact) mass is 414 g/mol. The van der Waals surface area contributed by atoms with E-state index in [4.69, 9.17) is 9.47 Å². The minimum absolute atomic E-state index is 0.308. The van der Waals surface area contributed by atoms with Crippen LogP contribution in [0, 0.1) is 0 Å². The van der Waals surface area contributed by atoms with E-state index in [2.05, 4.69) is 36.9 Å². The molecule has 5 rings (SSSR count). The fourth-order valence-corrected chi connectivity index (χ4v) is 4.71. The zero-order valence-corrected chi connectivity index (χ0v) is 18.3. The Balaban J connectivity index is 1.80. The fourth-order valence-electron chi connectivity index (χ4n) is 4.71. The molecule has 158 valence electrons. The summed E-state index contributed by atoms with van der Waals surface area (Å²) in [6, 6.07) is 19.9. The first-order valence-electron chi connectivity index (χ1n) is 10.7. The second-order valence-electron chi connectivity index (χ2n) is 8.15. The van der Waals surface area contributed by atoms with Gasteiger partial charge in [0.15, 0.2) is 5.60 Å². The van der Waals surface area contributed by atoms with E-state index in [-0.39, 0.29) is 5.97 Å². The number of benzene rings is 3. The smallest absolute Gasteiger partial charge is 0.340 e. The molecule has 0 fully saturated rings. The van der Waals surface area contributed by atoms with Crippen LogP contribution in [-0.4, -0.2) is 33.2 Å². The van der Waals surface area contributed by atoms with Gasteiger partial charge in [0.25, 0.3) is 0 Å². The van der Waals surface area contributed by atoms with Gasteiger partial charge in [-0.2, -0.15) is 0 Å². The van der Waals surface area contributed by atoms with Crippen LogP contribution in [0.2, 0.25) is 0 Å². The maximum atomic E-state index is 13.0. The maximum absolute atomic E-state index is 13.0. The molecule has 0 saturated heterocycles. The van der Waals surface area contributed by atoms with E-state index in [9.17, 15) is 4.79 Å². The van der Waals surface area contributed by atoms with Crippen molar-refractivity contribution in [2.45, 2.75) is 19.4 Å². The third kappa shape index (κ3) is 2.73. The Morgan fingerprint density at radius 2 is 1.55 bits per heavy atom. The molecule has 2 aliphatic heterocycles. The summed E-state index contributed by atoms with van der Waals surface area (Å²) in [5, 5.41) is 0. The zero-order valence-electron chi connectivity index (χ0n) is 18.3. The van der Waals surface area contributed by atoms with Crippen LogP contribution < -0.4 is 14.5 Å². The second kappa shape index (κ2) is 7.05. The molecule has 0 saturated carbocycles. The summed E-state index contributed by atoms with van der Waals surface area (Å²) in [5.74, 6) is 1.12. The fraction of sp³-hybridized carbons (Fsp3) is 0.269. The number of fused-ring (bicyclic) bond motifs is 6. The molecule has 5 heteroatoms. The van der Waals surface area contributed by atoms with Crippen molar-refractivity contribution in [2.75, 3.05) is 37.0 Å². The molecule has 0 radical (unpaired) electrons. The van der Waals surface area contributed by atoms with Gasteiger partial charge in [0, 0.05) is 61.3 Å². The van der Waals surface area contributed by atoms with Gasteiger partial charge in [0.2, 0.25) is 0 Å². The molecule has 2 aliphatic rings. The Labute approximate surface area is 182 Å². The number of esters is 1. The van der Waals surface area contributed by atoms with Gasteiger partial charge in [0.1, 0.15) is 11.5 Å². The summed E-state index contributed by atoms with van der Waals surface area (Å²) >= 11 is 0. The van der Waals surface area contributed by atoms with E-state index >= 15 is 0 Å². The van der Waals surface area contributed by atoms with Gasteiger partial charge in [-0.25, -0.2) is 4.79 Å². The van der Waals surface area contributed by atoms with Crippen molar-refractivity contribution in [1.82, 2.24) is 0 Å². The minimum Gasteiger partial charge on any atom is -0.456 e. The van der Waals surface area contributed by atoms with Crippen LogP contribution in [0.5, 0.6) is 11.5 Å². The lowest BCUT2D eigenvalue weighted by Gasteiger charge is -2.37. The largest absolute Gasteiger partial charge is 0.456 e. The molecular formula is C26H26N2O3. The number of carbonyl (C=O) groups is 1. The van der Waals surface area contributed by atoms with E-state index in [1.54, 1.807) is 0 Å². The predicted octanol–water partition coefficient (Wildman–Crippen LogP) is 5.17. The molecule has 3 aromatic rings. The number of hydrogen-bond donors (Lipinski definition) is 0. The van der Waals surface area contributed by atoms with E-state index in [0.717, 1.165) is 46.9 Å². The summed E-state index contributed by atoms with van der Waals surface area (Å²) in [7, 11) is 3.99. The van der Waals surface area contributed by atoms with Crippen molar-refractivity contribution >= 4 is 17.3 Å². The second-order valence-corrected chi connectivity index (χ2v) is 8.15. The molecular weight excluding hydrogens is 388 g/mol. The summed E-state index contributed by atoms with van der Waals surface area (Å²) in [4.78, 5) is 17.3. The van der Waals surface area contributed by atoms with Crippen molar-refractivity contribution < 1.29 is 14.3 Å². The van der Waals surface area contributed by atoms with E-state index in [0.29, 0.717) is 11.3 Å². The molecule has 5 nitrogen and oxygen atoms in total. The van der Waals surface area contributed by atoms with Crippen LogP contribution in [0.15, 0.2) is 60.7 Å². The number of rotatable bonds is 4. The molecule has 0 N–H and O–H groups in total. The predicted molar refractivity (Wildman–Crippen MR) is 123 cm³/mol. The first-order chi connectivity index (χ1) is 15.0. The number of ether oxygens (including phenoxy) is 2. The van der Waals surface area contributed by atoms with Crippen molar-refractivity contribution in [3.8, 4) is 11.5 Å². The van der Waals surface area contributed by atoms with Crippen molar-refractivity contribution in [3.63, 3.8) is 0 Å². The minimum atomic E-state index is -1.02. The van der Waals surface area contributed by atoms with E-state index in [1.165, 1.54) is 0 Å². The van der Waals surface area contributed by atoms with Gasteiger partial charge in [-0.15, -0.1) is 0 Å². The Hall–Kier alpha value is -3.47. The standard InChI is InChI=1S/C26H26N2O3/c1-5-28(6-2)18-11-13-21-24(16-18)30-23-14-12-17(27(3)4)15-22(23)26(21)20-10-8-7-9-19(20)25(29)31-26/h7-16H,5-6H2,1-4H3. The highest BCUT2D eigenvalue weighted by atomic mass is 16.6. The van der Waals surface area contributed by atoms with Gasteiger partial charge in [0.05, 0.1) is 5.56 Å². The quantitative estimate of drug-likeness (QED) is 0.551. The highest BCUT2D eigenvalue weighted by Gasteiger charge is 2.53. The number of hydrogen-bond acceptors (Lipinski definition) is 5. The Morgan fingerprint density at radius 3 is 2.29 bits per heavy atom. The molecule has 0 bridgehead atoms. The highest BCUT2D eigenvalue weighted by Crippen LogP contribution is 2.57. The molecule has 0 amide bonds. The average Bonchev–Trinajstić information content (AvgIpc) is 3.08. The van der Waals surface area contributed by atoms with E-state index < -0.39 is 5.60 Å².